The van der Waals surface area contributed by atoms with Crippen molar-refractivity contribution in [3.8, 4) is 0 Å². The molecule has 29 heavy (non-hydrogen) atoms. The first-order valence-electron chi connectivity index (χ1n) is 9.74. The smallest absolute Gasteiger partial charge is 0.267 e. The standard InChI is InChI=1S/C21H24N4O2S2/c1-12-8-13(2)11-24(10-12)18-15(9-16-20(27)23(4)21(28)29-16)19(26)25-7-5-6-14(3)17(25)22-18/h5-7,9,12-13H,8,10-11H2,1-4H3/b16-9-/t12-,13-/m1/s1. The topological polar surface area (TPSA) is 57.9 Å². The van der Waals surface area contributed by atoms with E-state index in [4.69, 9.17) is 17.2 Å². The van der Waals surface area contributed by atoms with E-state index in [0.29, 0.717) is 38.1 Å². The second kappa shape index (κ2) is 7.57. The van der Waals surface area contributed by atoms with Crippen LogP contribution in [0.25, 0.3) is 11.7 Å². The summed E-state index contributed by atoms with van der Waals surface area (Å²) in [5.41, 5.74) is 1.87. The number of pyridine rings is 1. The third-order valence-electron chi connectivity index (χ3n) is 5.49. The monoisotopic (exact) mass is 428 g/mol. The van der Waals surface area contributed by atoms with Crippen molar-refractivity contribution in [3.63, 3.8) is 0 Å². The molecule has 0 aromatic carbocycles. The Kier molecular flexibility index (Phi) is 5.25. The summed E-state index contributed by atoms with van der Waals surface area (Å²) in [4.78, 5) is 35.0. The number of aryl methyl sites for hydroxylation is 1. The molecule has 4 rings (SSSR count). The highest BCUT2D eigenvalue weighted by Gasteiger charge is 2.31. The average molecular weight is 429 g/mol. The number of likely N-dealkylation sites (N-methyl/N-ethyl adjacent to an activating group) is 1. The third kappa shape index (κ3) is 3.59. The molecule has 8 heteroatoms. The number of anilines is 1. The number of nitrogens with zero attached hydrogens (tertiary/aromatic N) is 4. The van der Waals surface area contributed by atoms with Gasteiger partial charge in [0.1, 0.15) is 15.8 Å². The number of amides is 1. The van der Waals surface area contributed by atoms with Gasteiger partial charge in [0, 0.05) is 26.3 Å². The van der Waals surface area contributed by atoms with Gasteiger partial charge in [-0.15, -0.1) is 0 Å². The number of rotatable bonds is 2. The molecule has 0 bridgehead atoms. The van der Waals surface area contributed by atoms with Gasteiger partial charge in [0.15, 0.2) is 0 Å². The quantitative estimate of drug-likeness (QED) is 0.540. The zero-order valence-corrected chi connectivity index (χ0v) is 18.6. The molecule has 0 unspecified atom stereocenters. The molecule has 0 radical (unpaired) electrons. The minimum absolute atomic E-state index is 0.166. The van der Waals surface area contributed by atoms with Crippen LogP contribution in [0.2, 0.25) is 0 Å². The summed E-state index contributed by atoms with van der Waals surface area (Å²) in [6.07, 6.45) is 4.56. The van der Waals surface area contributed by atoms with Crippen molar-refractivity contribution in [2.24, 2.45) is 11.8 Å². The molecular weight excluding hydrogens is 404 g/mol. The van der Waals surface area contributed by atoms with Gasteiger partial charge in [-0.05, 0) is 42.9 Å². The number of hydrogen-bond donors (Lipinski definition) is 0. The molecular formula is C21H24N4O2S2. The van der Waals surface area contributed by atoms with Crippen molar-refractivity contribution in [1.29, 1.82) is 0 Å². The predicted molar refractivity (Wildman–Crippen MR) is 122 cm³/mol. The second-order valence-electron chi connectivity index (χ2n) is 8.13. The van der Waals surface area contributed by atoms with Gasteiger partial charge in [0.05, 0.1) is 10.5 Å². The van der Waals surface area contributed by atoms with Gasteiger partial charge in [-0.1, -0.05) is 43.9 Å². The molecule has 4 heterocycles. The molecule has 152 valence electrons. The largest absolute Gasteiger partial charge is 0.355 e. The SMILES string of the molecule is Cc1cccn2c(=O)c(/C=C3\SC(=S)N(C)C3=O)c(N3C[C@H](C)C[C@@H](C)C3)nc12. The Labute approximate surface area is 179 Å². The van der Waals surface area contributed by atoms with Crippen molar-refractivity contribution in [3.05, 3.63) is 44.7 Å². The van der Waals surface area contributed by atoms with E-state index >= 15 is 0 Å². The highest BCUT2D eigenvalue weighted by Crippen LogP contribution is 2.33. The van der Waals surface area contributed by atoms with Gasteiger partial charge in [-0.3, -0.25) is 18.9 Å². The van der Waals surface area contributed by atoms with Gasteiger partial charge in [0.25, 0.3) is 11.5 Å². The maximum atomic E-state index is 13.4. The maximum Gasteiger partial charge on any atom is 0.267 e. The molecule has 2 aliphatic rings. The Hall–Kier alpha value is -2.19. The number of thiocarbonyl (C=S) groups is 1. The molecule has 0 spiro atoms. The number of fused-ring (bicyclic) bond motifs is 1. The van der Waals surface area contributed by atoms with Crippen LogP contribution in [0.1, 0.15) is 31.4 Å². The Bertz CT molecular complexity index is 1100. The summed E-state index contributed by atoms with van der Waals surface area (Å²) in [5, 5.41) is 0. The summed E-state index contributed by atoms with van der Waals surface area (Å²) >= 11 is 6.47. The Balaban J connectivity index is 1.94. The van der Waals surface area contributed by atoms with E-state index in [2.05, 4.69) is 18.7 Å². The third-order valence-corrected chi connectivity index (χ3v) is 6.98. The lowest BCUT2D eigenvalue weighted by Crippen LogP contribution is -2.40. The maximum absolute atomic E-state index is 13.4. The first-order chi connectivity index (χ1) is 13.8. The van der Waals surface area contributed by atoms with Crippen LogP contribution in [0.5, 0.6) is 0 Å². The summed E-state index contributed by atoms with van der Waals surface area (Å²) in [5.74, 6) is 1.50. The molecule has 2 aromatic heterocycles. The van der Waals surface area contributed by atoms with E-state index in [-0.39, 0.29) is 11.5 Å². The van der Waals surface area contributed by atoms with Crippen LogP contribution in [0.3, 0.4) is 0 Å². The lowest BCUT2D eigenvalue weighted by molar-refractivity contribution is -0.121. The highest BCUT2D eigenvalue weighted by atomic mass is 32.2. The molecule has 6 nitrogen and oxygen atoms in total. The molecule has 0 saturated carbocycles. The molecule has 1 amide bonds. The highest BCUT2D eigenvalue weighted by molar-refractivity contribution is 8.26. The molecule has 2 saturated heterocycles. The van der Waals surface area contributed by atoms with Gasteiger partial charge in [-0.25, -0.2) is 4.98 Å². The number of carbonyl (C=O) groups excluding carboxylic acids is 1. The van der Waals surface area contributed by atoms with Gasteiger partial charge in [-0.2, -0.15) is 0 Å². The lowest BCUT2D eigenvalue weighted by atomic mass is 9.91. The van der Waals surface area contributed by atoms with E-state index < -0.39 is 0 Å². The fourth-order valence-electron chi connectivity index (χ4n) is 4.18. The Morgan fingerprint density at radius 2 is 1.93 bits per heavy atom. The second-order valence-corrected chi connectivity index (χ2v) is 9.81. The summed E-state index contributed by atoms with van der Waals surface area (Å²) in [6.45, 7) is 8.09. The van der Waals surface area contributed by atoms with Crippen LogP contribution in [0.4, 0.5) is 5.82 Å². The summed E-state index contributed by atoms with van der Waals surface area (Å²) in [6, 6.07) is 3.79. The van der Waals surface area contributed by atoms with E-state index in [9.17, 15) is 9.59 Å². The van der Waals surface area contributed by atoms with Crippen molar-refractivity contribution >= 4 is 51.7 Å². The summed E-state index contributed by atoms with van der Waals surface area (Å²) < 4.78 is 2.06. The van der Waals surface area contributed by atoms with Crippen LogP contribution < -0.4 is 10.5 Å². The predicted octanol–water partition coefficient (Wildman–Crippen LogP) is 3.32. The van der Waals surface area contributed by atoms with E-state index in [1.165, 1.54) is 16.7 Å². The van der Waals surface area contributed by atoms with Crippen molar-refractivity contribution < 1.29 is 4.79 Å². The van der Waals surface area contributed by atoms with E-state index in [0.717, 1.165) is 25.1 Å². The van der Waals surface area contributed by atoms with Crippen LogP contribution in [-0.2, 0) is 4.79 Å². The fraction of sp³-hybridized carbons (Fsp3) is 0.429. The van der Waals surface area contributed by atoms with Crippen LogP contribution in [0, 0.1) is 18.8 Å². The number of hydrogen-bond acceptors (Lipinski definition) is 6. The van der Waals surface area contributed by atoms with Gasteiger partial charge in [0.2, 0.25) is 0 Å². The minimum atomic E-state index is -0.180. The Morgan fingerprint density at radius 3 is 2.55 bits per heavy atom. The number of aromatic nitrogens is 2. The molecule has 2 aromatic rings. The molecule has 2 aliphatic heterocycles. The van der Waals surface area contributed by atoms with Gasteiger partial charge >= 0.3 is 0 Å². The molecule has 2 fully saturated rings. The fourth-order valence-corrected chi connectivity index (χ4v) is 5.34. The normalized spacial score (nSPS) is 24.2. The molecule has 0 N–H and O–H groups in total. The van der Waals surface area contributed by atoms with Crippen molar-refractivity contribution in [1.82, 2.24) is 14.3 Å². The lowest BCUT2D eigenvalue weighted by Gasteiger charge is -2.36. The van der Waals surface area contributed by atoms with Crippen LogP contribution in [0.15, 0.2) is 28.0 Å². The van der Waals surface area contributed by atoms with Gasteiger partial charge < -0.3 is 4.90 Å². The first kappa shape index (κ1) is 20.1. The number of thioether (sulfide) groups is 1. The van der Waals surface area contributed by atoms with E-state index in [1.54, 1.807) is 23.7 Å². The molecule has 0 aliphatic carbocycles. The average Bonchev–Trinajstić information content (AvgIpc) is 2.90. The number of carbonyl (C=O) groups is 1. The zero-order chi connectivity index (χ0) is 20.9. The summed E-state index contributed by atoms with van der Waals surface area (Å²) in [7, 11) is 1.66. The van der Waals surface area contributed by atoms with Crippen molar-refractivity contribution in [2.75, 3.05) is 25.0 Å². The molecule has 2 atom stereocenters. The minimum Gasteiger partial charge on any atom is -0.355 e. The van der Waals surface area contributed by atoms with Crippen LogP contribution in [-0.4, -0.2) is 44.6 Å². The van der Waals surface area contributed by atoms with E-state index in [1.807, 2.05) is 19.1 Å². The Morgan fingerprint density at radius 1 is 1.24 bits per heavy atom. The first-order valence-corrected chi connectivity index (χ1v) is 11.0. The zero-order valence-electron chi connectivity index (χ0n) is 17.0. The van der Waals surface area contributed by atoms with Crippen molar-refractivity contribution in [2.45, 2.75) is 27.2 Å². The van der Waals surface area contributed by atoms with Crippen LogP contribution >= 0.6 is 24.0 Å². The number of piperidine rings is 1.